The lowest BCUT2D eigenvalue weighted by molar-refractivity contribution is 0.103. The van der Waals surface area contributed by atoms with E-state index in [4.69, 9.17) is 0 Å². The lowest BCUT2D eigenvalue weighted by atomic mass is 9.97. The summed E-state index contributed by atoms with van der Waals surface area (Å²) in [6.45, 7) is 0. The van der Waals surface area contributed by atoms with Crippen molar-refractivity contribution in [2.24, 2.45) is 5.92 Å². The van der Waals surface area contributed by atoms with Gasteiger partial charge in [-0.25, -0.2) is 0 Å². The second kappa shape index (κ2) is 6.61. The zero-order valence-corrected chi connectivity index (χ0v) is 10.4. The molecule has 1 aromatic rings. The quantitative estimate of drug-likeness (QED) is 0.809. The highest BCUT2D eigenvalue weighted by molar-refractivity contribution is 5.48. The van der Waals surface area contributed by atoms with Crippen LogP contribution in [0.3, 0.4) is 0 Å². The predicted octanol–water partition coefficient (Wildman–Crippen LogP) is 4.03. The molecule has 1 heteroatoms. The molecule has 0 aromatic heterocycles. The molecule has 1 fully saturated rings. The normalized spacial score (nSPS) is 18.9. The third-order valence-corrected chi connectivity index (χ3v) is 3.68. The Bertz CT molecular complexity index is 336. The molecule has 0 bridgehead atoms. The standard InChI is InChI=1S/C16H22O/c17-16(15-11-5-6-12-15)13-7-4-10-14-8-2-1-3-9-14/h1-4,8-10,15-17H,5-7,11-13H2/b10-4+. The van der Waals surface area contributed by atoms with Gasteiger partial charge in [-0.2, -0.15) is 0 Å². The molecule has 1 nitrogen and oxygen atoms in total. The first-order chi connectivity index (χ1) is 8.36. The van der Waals surface area contributed by atoms with Crippen LogP contribution >= 0.6 is 0 Å². The molecule has 1 atom stereocenters. The molecule has 0 radical (unpaired) electrons. The minimum Gasteiger partial charge on any atom is -0.393 e. The summed E-state index contributed by atoms with van der Waals surface area (Å²) in [4.78, 5) is 0. The number of hydrogen-bond donors (Lipinski definition) is 1. The van der Waals surface area contributed by atoms with Gasteiger partial charge in [0, 0.05) is 0 Å². The number of rotatable bonds is 5. The van der Waals surface area contributed by atoms with Gasteiger partial charge in [-0.1, -0.05) is 55.3 Å². The third kappa shape index (κ3) is 4.01. The first-order valence-corrected chi connectivity index (χ1v) is 6.76. The van der Waals surface area contributed by atoms with Crippen LogP contribution in [0, 0.1) is 5.92 Å². The Morgan fingerprint density at radius 3 is 2.59 bits per heavy atom. The molecule has 1 N–H and O–H groups in total. The number of aliphatic hydroxyl groups is 1. The number of benzene rings is 1. The van der Waals surface area contributed by atoms with Crippen LogP contribution in [0.25, 0.3) is 6.08 Å². The smallest absolute Gasteiger partial charge is 0.0571 e. The van der Waals surface area contributed by atoms with E-state index in [1.54, 1.807) is 0 Å². The first-order valence-electron chi connectivity index (χ1n) is 6.76. The molecule has 1 aliphatic rings. The lowest BCUT2D eigenvalue weighted by Gasteiger charge is -2.16. The largest absolute Gasteiger partial charge is 0.393 e. The van der Waals surface area contributed by atoms with Gasteiger partial charge in [0.2, 0.25) is 0 Å². The Hall–Kier alpha value is -1.08. The van der Waals surface area contributed by atoms with Crippen LogP contribution in [-0.2, 0) is 0 Å². The van der Waals surface area contributed by atoms with Crippen LogP contribution in [0.5, 0.6) is 0 Å². The molecule has 1 unspecified atom stereocenters. The molecule has 17 heavy (non-hydrogen) atoms. The zero-order valence-electron chi connectivity index (χ0n) is 10.4. The summed E-state index contributed by atoms with van der Waals surface area (Å²) in [5.74, 6) is 0.570. The van der Waals surface area contributed by atoms with Crippen LogP contribution in [0.15, 0.2) is 36.4 Å². The van der Waals surface area contributed by atoms with E-state index in [0.717, 1.165) is 12.8 Å². The SMILES string of the molecule is OC(CC/C=C/c1ccccc1)C1CCCC1. The Kier molecular flexibility index (Phi) is 4.81. The van der Waals surface area contributed by atoms with E-state index in [1.807, 2.05) is 18.2 Å². The van der Waals surface area contributed by atoms with Crippen molar-refractivity contribution in [3.05, 3.63) is 42.0 Å². The minimum atomic E-state index is -0.0853. The van der Waals surface area contributed by atoms with Gasteiger partial charge < -0.3 is 5.11 Å². The van der Waals surface area contributed by atoms with E-state index in [0.29, 0.717) is 5.92 Å². The van der Waals surface area contributed by atoms with Crippen molar-refractivity contribution in [1.29, 1.82) is 0 Å². The molecular weight excluding hydrogens is 208 g/mol. The van der Waals surface area contributed by atoms with E-state index in [9.17, 15) is 5.11 Å². The van der Waals surface area contributed by atoms with Gasteiger partial charge in [0.15, 0.2) is 0 Å². The van der Waals surface area contributed by atoms with Gasteiger partial charge in [-0.3, -0.25) is 0 Å². The molecule has 1 saturated carbocycles. The second-order valence-corrected chi connectivity index (χ2v) is 5.00. The molecule has 0 heterocycles. The van der Waals surface area contributed by atoms with Crippen LogP contribution in [0.2, 0.25) is 0 Å². The van der Waals surface area contributed by atoms with Gasteiger partial charge in [0.1, 0.15) is 0 Å². The van der Waals surface area contributed by atoms with Crippen LogP contribution in [0.4, 0.5) is 0 Å². The predicted molar refractivity (Wildman–Crippen MR) is 72.7 cm³/mol. The van der Waals surface area contributed by atoms with E-state index < -0.39 is 0 Å². The molecular formula is C16H22O. The molecule has 1 aromatic carbocycles. The fourth-order valence-electron chi connectivity index (χ4n) is 2.63. The van der Waals surface area contributed by atoms with E-state index >= 15 is 0 Å². The maximum atomic E-state index is 10.0. The van der Waals surface area contributed by atoms with Crippen molar-refractivity contribution >= 4 is 6.08 Å². The van der Waals surface area contributed by atoms with Gasteiger partial charge in [0.05, 0.1) is 6.10 Å². The summed E-state index contributed by atoms with van der Waals surface area (Å²) in [6, 6.07) is 10.3. The summed E-state index contributed by atoms with van der Waals surface area (Å²) in [5.41, 5.74) is 1.24. The second-order valence-electron chi connectivity index (χ2n) is 5.00. The Balaban J connectivity index is 1.70. The Morgan fingerprint density at radius 2 is 1.88 bits per heavy atom. The van der Waals surface area contributed by atoms with Crippen molar-refractivity contribution in [2.75, 3.05) is 0 Å². The molecule has 2 rings (SSSR count). The van der Waals surface area contributed by atoms with Crippen molar-refractivity contribution in [2.45, 2.75) is 44.6 Å². The molecule has 0 aliphatic heterocycles. The number of allylic oxidation sites excluding steroid dienone is 1. The zero-order chi connectivity index (χ0) is 11.9. The highest BCUT2D eigenvalue weighted by atomic mass is 16.3. The van der Waals surface area contributed by atoms with E-state index in [1.165, 1.54) is 31.2 Å². The fourth-order valence-corrected chi connectivity index (χ4v) is 2.63. The maximum absolute atomic E-state index is 10.0. The number of hydrogen-bond acceptors (Lipinski definition) is 1. The van der Waals surface area contributed by atoms with Crippen LogP contribution in [-0.4, -0.2) is 11.2 Å². The molecule has 1 aliphatic carbocycles. The Morgan fingerprint density at radius 1 is 1.18 bits per heavy atom. The lowest BCUT2D eigenvalue weighted by Crippen LogP contribution is -2.16. The third-order valence-electron chi connectivity index (χ3n) is 3.68. The van der Waals surface area contributed by atoms with Gasteiger partial charge in [-0.15, -0.1) is 0 Å². The van der Waals surface area contributed by atoms with Crippen molar-refractivity contribution in [3.63, 3.8) is 0 Å². The average Bonchev–Trinajstić information content (AvgIpc) is 2.89. The summed E-state index contributed by atoms with van der Waals surface area (Å²) in [6.07, 6.45) is 11.2. The molecule has 92 valence electrons. The van der Waals surface area contributed by atoms with Crippen LogP contribution < -0.4 is 0 Å². The average molecular weight is 230 g/mol. The summed E-state index contributed by atoms with van der Waals surface area (Å²) >= 11 is 0. The highest BCUT2D eigenvalue weighted by Crippen LogP contribution is 2.29. The monoisotopic (exact) mass is 230 g/mol. The summed E-state index contributed by atoms with van der Waals surface area (Å²) in [5, 5.41) is 10.0. The van der Waals surface area contributed by atoms with Crippen molar-refractivity contribution in [1.82, 2.24) is 0 Å². The first kappa shape index (κ1) is 12.4. The van der Waals surface area contributed by atoms with Gasteiger partial charge >= 0.3 is 0 Å². The molecule has 0 saturated heterocycles. The minimum absolute atomic E-state index is 0.0853. The molecule has 0 spiro atoms. The van der Waals surface area contributed by atoms with Crippen molar-refractivity contribution < 1.29 is 5.11 Å². The molecule has 0 amide bonds. The van der Waals surface area contributed by atoms with Crippen LogP contribution in [0.1, 0.15) is 44.1 Å². The maximum Gasteiger partial charge on any atom is 0.0571 e. The van der Waals surface area contributed by atoms with Crippen molar-refractivity contribution in [3.8, 4) is 0 Å². The van der Waals surface area contributed by atoms with E-state index in [-0.39, 0.29) is 6.10 Å². The Labute approximate surface area is 104 Å². The highest BCUT2D eigenvalue weighted by Gasteiger charge is 2.21. The summed E-state index contributed by atoms with van der Waals surface area (Å²) in [7, 11) is 0. The topological polar surface area (TPSA) is 20.2 Å². The fraction of sp³-hybridized carbons (Fsp3) is 0.500. The summed E-state index contributed by atoms with van der Waals surface area (Å²) < 4.78 is 0. The number of aliphatic hydroxyl groups excluding tert-OH is 1. The van der Waals surface area contributed by atoms with E-state index in [2.05, 4.69) is 24.3 Å². The van der Waals surface area contributed by atoms with Gasteiger partial charge in [0.25, 0.3) is 0 Å². The van der Waals surface area contributed by atoms with Gasteiger partial charge in [-0.05, 0) is 37.2 Å².